The van der Waals surface area contributed by atoms with E-state index in [1.54, 1.807) is 0 Å². The van der Waals surface area contributed by atoms with Crippen molar-refractivity contribution in [2.75, 3.05) is 6.61 Å². The summed E-state index contributed by atoms with van der Waals surface area (Å²) < 4.78 is 11.0. The van der Waals surface area contributed by atoms with Crippen LogP contribution in [0.15, 0.2) is 40.8 Å². The number of nitrogens with one attached hydrogen (secondary N) is 1. The number of hydrogen-bond acceptors (Lipinski definition) is 4. The van der Waals surface area contributed by atoms with Crippen molar-refractivity contribution in [1.29, 1.82) is 0 Å². The molecule has 0 fully saturated rings. The molecule has 5 heteroatoms. The zero-order valence-corrected chi connectivity index (χ0v) is 15.5. The summed E-state index contributed by atoms with van der Waals surface area (Å²) in [5.74, 6) is -0.504. The SMILES string of the molecule is Cc1c(C(=O)OCC(=O)N[C@H](C)C(C)C)oc2c1ccc1ccccc12. The van der Waals surface area contributed by atoms with Crippen molar-refractivity contribution in [1.82, 2.24) is 5.32 Å². The smallest absolute Gasteiger partial charge is 0.375 e. The normalized spacial score (nSPS) is 12.5. The first-order valence-corrected chi connectivity index (χ1v) is 8.75. The van der Waals surface area contributed by atoms with Gasteiger partial charge in [0.15, 0.2) is 6.61 Å². The topological polar surface area (TPSA) is 68.5 Å². The monoisotopic (exact) mass is 353 g/mol. The summed E-state index contributed by atoms with van der Waals surface area (Å²) in [6.07, 6.45) is 0. The number of benzene rings is 2. The highest BCUT2D eigenvalue weighted by molar-refractivity contribution is 6.08. The van der Waals surface area contributed by atoms with Gasteiger partial charge in [-0.2, -0.15) is 0 Å². The van der Waals surface area contributed by atoms with Gasteiger partial charge in [-0.05, 0) is 25.2 Å². The molecule has 1 amide bonds. The lowest BCUT2D eigenvalue weighted by atomic mass is 10.1. The molecule has 26 heavy (non-hydrogen) atoms. The molecule has 0 saturated carbocycles. The van der Waals surface area contributed by atoms with Gasteiger partial charge in [-0.3, -0.25) is 4.79 Å². The van der Waals surface area contributed by atoms with Crippen LogP contribution in [0.25, 0.3) is 21.7 Å². The zero-order chi connectivity index (χ0) is 18.8. The molecular formula is C21H23NO4. The Hall–Kier alpha value is -2.82. The molecule has 0 unspecified atom stereocenters. The number of ether oxygens (including phenoxy) is 1. The van der Waals surface area contributed by atoms with Gasteiger partial charge >= 0.3 is 5.97 Å². The molecule has 2 aromatic carbocycles. The van der Waals surface area contributed by atoms with E-state index in [0.717, 1.165) is 16.2 Å². The summed E-state index contributed by atoms with van der Waals surface area (Å²) in [6.45, 7) is 7.43. The second-order valence-electron chi connectivity index (χ2n) is 6.90. The van der Waals surface area contributed by atoms with E-state index in [9.17, 15) is 9.59 Å². The number of hydrogen-bond donors (Lipinski definition) is 1. The Labute approximate surface area is 152 Å². The Bertz CT molecular complexity index is 971. The third-order valence-corrected chi connectivity index (χ3v) is 4.74. The number of furan rings is 1. The number of esters is 1. The second-order valence-corrected chi connectivity index (χ2v) is 6.90. The van der Waals surface area contributed by atoms with Crippen LogP contribution in [0.1, 0.15) is 36.9 Å². The summed E-state index contributed by atoms with van der Waals surface area (Å²) >= 11 is 0. The van der Waals surface area contributed by atoms with Crippen LogP contribution < -0.4 is 5.32 Å². The lowest BCUT2D eigenvalue weighted by molar-refractivity contribution is -0.125. The molecule has 0 saturated heterocycles. The third kappa shape index (κ3) is 3.43. The molecule has 0 aliphatic carbocycles. The molecule has 0 aliphatic rings. The van der Waals surface area contributed by atoms with E-state index in [0.29, 0.717) is 17.1 Å². The predicted molar refractivity (Wildman–Crippen MR) is 101 cm³/mol. The lowest BCUT2D eigenvalue weighted by Gasteiger charge is -2.17. The van der Waals surface area contributed by atoms with Crippen molar-refractivity contribution in [3.05, 3.63) is 47.7 Å². The minimum Gasteiger partial charge on any atom is -0.450 e. The van der Waals surface area contributed by atoms with Gasteiger partial charge in [0.1, 0.15) is 5.58 Å². The minimum absolute atomic E-state index is 0.0144. The third-order valence-electron chi connectivity index (χ3n) is 4.74. The van der Waals surface area contributed by atoms with E-state index in [-0.39, 0.29) is 24.3 Å². The maximum atomic E-state index is 12.4. The first-order chi connectivity index (χ1) is 12.4. The van der Waals surface area contributed by atoms with Crippen molar-refractivity contribution in [3.63, 3.8) is 0 Å². The van der Waals surface area contributed by atoms with Crippen molar-refractivity contribution in [3.8, 4) is 0 Å². The molecule has 5 nitrogen and oxygen atoms in total. The molecule has 1 N–H and O–H groups in total. The summed E-state index contributed by atoms with van der Waals surface area (Å²) in [7, 11) is 0. The first kappa shape index (κ1) is 18.0. The van der Waals surface area contributed by atoms with Crippen LogP contribution >= 0.6 is 0 Å². The summed E-state index contributed by atoms with van der Waals surface area (Å²) in [5, 5.41) is 5.65. The van der Waals surface area contributed by atoms with Gasteiger partial charge in [-0.25, -0.2) is 4.79 Å². The van der Waals surface area contributed by atoms with Crippen LogP contribution in [-0.2, 0) is 9.53 Å². The van der Waals surface area contributed by atoms with Crippen molar-refractivity contribution in [2.24, 2.45) is 5.92 Å². The van der Waals surface area contributed by atoms with Crippen molar-refractivity contribution < 1.29 is 18.7 Å². The summed E-state index contributed by atoms with van der Waals surface area (Å²) in [4.78, 5) is 24.3. The molecule has 0 spiro atoms. The molecule has 136 valence electrons. The standard InChI is InChI=1S/C21H23NO4/c1-12(2)14(4)22-18(23)11-25-21(24)19-13(3)16-10-9-15-7-5-6-8-17(15)20(16)26-19/h5-10,12,14H,11H2,1-4H3,(H,22,23)/t14-/m1/s1. The Kier molecular flexibility index (Phi) is 4.98. The van der Waals surface area contributed by atoms with Crippen molar-refractivity contribution in [2.45, 2.75) is 33.7 Å². The molecule has 1 heterocycles. The zero-order valence-electron chi connectivity index (χ0n) is 15.5. The van der Waals surface area contributed by atoms with Gasteiger partial charge in [-0.15, -0.1) is 0 Å². The van der Waals surface area contributed by atoms with Gasteiger partial charge < -0.3 is 14.5 Å². The molecule has 1 atom stereocenters. The number of aryl methyl sites for hydroxylation is 1. The fourth-order valence-electron chi connectivity index (χ4n) is 2.80. The maximum Gasteiger partial charge on any atom is 0.375 e. The Morgan fingerprint density at radius 1 is 1.08 bits per heavy atom. The number of amides is 1. The Morgan fingerprint density at radius 2 is 1.81 bits per heavy atom. The van der Waals surface area contributed by atoms with Crippen LogP contribution in [0.4, 0.5) is 0 Å². The molecule has 1 aromatic heterocycles. The Balaban J connectivity index is 1.79. The lowest BCUT2D eigenvalue weighted by Crippen LogP contribution is -2.38. The Morgan fingerprint density at radius 3 is 2.54 bits per heavy atom. The average molecular weight is 353 g/mol. The molecular weight excluding hydrogens is 330 g/mol. The fraction of sp³-hybridized carbons (Fsp3) is 0.333. The highest BCUT2D eigenvalue weighted by Crippen LogP contribution is 2.31. The number of carbonyl (C=O) groups excluding carboxylic acids is 2. The largest absolute Gasteiger partial charge is 0.450 e. The van der Waals surface area contributed by atoms with E-state index in [4.69, 9.17) is 9.15 Å². The van der Waals surface area contributed by atoms with E-state index >= 15 is 0 Å². The van der Waals surface area contributed by atoms with E-state index < -0.39 is 5.97 Å². The van der Waals surface area contributed by atoms with Gasteiger partial charge in [0.25, 0.3) is 5.91 Å². The quantitative estimate of drug-likeness (QED) is 0.698. The highest BCUT2D eigenvalue weighted by atomic mass is 16.5. The van der Waals surface area contributed by atoms with Crippen LogP contribution in [0.5, 0.6) is 0 Å². The summed E-state index contributed by atoms with van der Waals surface area (Å²) in [6, 6.07) is 11.8. The molecule has 3 aromatic rings. The first-order valence-electron chi connectivity index (χ1n) is 8.75. The number of rotatable bonds is 5. The van der Waals surface area contributed by atoms with Crippen LogP contribution in [0, 0.1) is 12.8 Å². The molecule has 0 bridgehead atoms. The van der Waals surface area contributed by atoms with E-state index in [1.807, 2.05) is 64.1 Å². The molecule has 0 aliphatic heterocycles. The minimum atomic E-state index is -0.630. The van der Waals surface area contributed by atoms with Gasteiger partial charge in [0.2, 0.25) is 5.76 Å². The highest BCUT2D eigenvalue weighted by Gasteiger charge is 2.21. The van der Waals surface area contributed by atoms with Crippen LogP contribution in [-0.4, -0.2) is 24.5 Å². The fourth-order valence-corrected chi connectivity index (χ4v) is 2.80. The van der Waals surface area contributed by atoms with Gasteiger partial charge in [0.05, 0.1) is 0 Å². The second kappa shape index (κ2) is 7.20. The summed E-state index contributed by atoms with van der Waals surface area (Å²) in [5.41, 5.74) is 1.37. The molecule has 3 rings (SSSR count). The maximum absolute atomic E-state index is 12.4. The van der Waals surface area contributed by atoms with Gasteiger partial charge in [-0.1, -0.05) is 50.2 Å². The van der Waals surface area contributed by atoms with Crippen LogP contribution in [0.3, 0.4) is 0 Å². The number of carbonyl (C=O) groups is 2. The average Bonchev–Trinajstić information content (AvgIpc) is 2.97. The predicted octanol–water partition coefficient (Wildman–Crippen LogP) is 4.21. The molecule has 0 radical (unpaired) electrons. The van der Waals surface area contributed by atoms with E-state index in [2.05, 4.69) is 5.32 Å². The van der Waals surface area contributed by atoms with E-state index in [1.165, 1.54) is 0 Å². The van der Waals surface area contributed by atoms with Crippen LogP contribution in [0.2, 0.25) is 0 Å². The number of fused-ring (bicyclic) bond motifs is 3. The van der Waals surface area contributed by atoms with Crippen molar-refractivity contribution >= 4 is 33.6 Å². The van der Waals surface area contributed by atoms with Gasteiger partial charge in [0, 0.05) is 22.4 Å².